The molecule has 2 heterocycles. The molecule has 2 aromatic rings. The van der Waals surface area contributed by atoms with Crippen molar-refractivity contribution in [2.45, 2.75) is 0 Å². The van der Waals surface area contributed by atoms with Gasteiger partial charge in [0.05, 0.1) is 22.6 Å². The third-order valence-corrected chi connectivity index (χ3v) is 6.46. The molecule has 7 nitrogen and oxygen atoms in total. The van der Waals surface area contributed by atoms with Crippen LogP contribution in [0, 0.1) is 5.82 Å². The van der Waals surface area contributed by atoms with Crippen LogP contribution < -0.4 is 10.2 Å². The van der Waals surface area contributed by atoms with Gasteiger partial charge in [-0.3, -0.25) is 19.3 Å². The number of imide groups is 1. The van der Waals surface area contributed by atoms with Crippen molar-refractivity contribution in [2.24, 2.45) is 0 Å². The molecule has 32 heavy (non-hydrogen) atoms. The van der Waals surface area contributed by atoms with Crippen LogP contribution >= 0.6 is 27.7 Å². The first kappa shape index (κ1) is 22.5. The lowest BCUT2D eigenvalue weighted by Gasteiger charge is -2.28. The number of carbonyl (C=O) groups is 3. The number of hydrogen-bond donors (Lipinski definition) is 1. The number of anilines is 2. The molecule has 0 bridgehead atoms. The summed E-state index contributed by atoms with van der Waals surface area (Å²) in [6.45, 7) is 2.60. The highest BCUT2D eigenvalue weighted by Gasteiger charge is 2.36. The van der Waals surface area contributed by atoms with Gasteiger partial charge in [-0.1, -0.05) is 6.07 Å². The Kier molecular flexibility index (Phi) is 6.92. The van der Waals surface area contributed by atoms with E-state index in [0.717, 1.165) is 35.4 Å². The molecule has 2 aliphatic rings. The van der Waals surface area contributed by atoms with Gasteiger partial charge in [-0.2, -0.15) is 0 Å². The van der Waals surface area contributed by atoms with Gasteiger partial charge in [0.15, 0.2) is 0 Å². The van der Waals surface area contributed by atoms with Crippen molar-refractivity contribution in [3.8, 4) is 0 Å². The summed E-state index contributed by atoms with van der Waals surface area (Å²) in [6, 6.07) is 11.6. The fraction of sp³-hybridized carbons (Fsp3) is 0.227. The third-order valence-electron chi connectivity index (χ3n) is 4.94. The van der Waals surface area contributed by atoms with Crippen LogP contribution in [0.15, 0.2) is 51.8 Å². The number of morpholine rings is 1. The number of thioether (sulfide) groups is 1. The molecule has 0 saturated carbocycles. The van der Waals surface area contributed by atoms with Gasteiger partial charge in [0.1, 0.15) is 12.4 Å². The molecule has 166 valence electrons. The van der Waals surface area contributed by atoms with Crippen LogP contribution in [0.1, 0.15) is 5.56 Å². The van der Waals surface area contributed by atoms with Crippen LogP contribution in [0.2, 0.25) is 0 Å². The number of hydrogen-bond acceptors (Lipinski definition) is 6. The summed E-state index contributed by atoms with van der Waals surface area (Å²) >= 11 is 3.84. The van der Waals surface area contributed by atoms with Gasteiger partial charge in [-0.25, -0.2) is 4.39 Å². The zero-order chi connectivity index (χ0) is 22.7. The molecule has 4 rings (SSSR count). The predicted octanol–water partition coefficient (Wildman–Crippen LogP) is 4.10. The number of nitrogens with one attached hydrogen (secondary N) is 1. The van der Waals surface area contributed by atoms with Crippen molar-refractivity contribution < 1.29 is 23.5 Å². The van der Waals surface area contributed by atoms with Crippen molar-refractivity contribution in [3.63, 3.8) is 0 Å². The van der Waals surface area contributed by atoms with E-state index >= 15 is 0 Å². The van der Waals surface area contributed by atoms with Crippen LogP contribution in [-0.4, -0.2) is 54.8 Å². The van der Waals surface area contributed by atoms with Crippen LogP contribution in [0.25, 0.3) is 6.08 Å². The smallest absolute Gasteiger partial charge is 0.294 e. The maximum absolute atomic E-state index is 13.4. The average molecular weight is 520 g/mol. The van der Waals surface area contributed by atoms with Crippen molar-refractivity contribution in [2.75, 3.05) is 43.1 Å². The summed E-state index contributed by atoms with van der Waals surface area (Å²) in [5.41, 5.74) is 2.18. The molecule has 3 amide bonds. The number of benzene rings is 2. The Morgan fingerprint density at radius 1 is 1.16 bits per heavy atom. The van der Waals surface area contributed by atoms with Crippen LogP contribution in [0.5, 0.6) is 0 Å². The van der Waals surface area contributed by atoms with Gasteiger partial charge in [-0.15, -0.1) is 0 Å². The molecule has 10 heteroatoms. The molecule has 0 aromatic heterocycles. The highest BCUT2D eigenvalue weighted by atomic mass is 79.9. The van der Waals surface area contributed by atoms with Crippen molar-refractivity contribution in [1.82, 2.24) is 4.90 Å². The normalized spacial score (nSPS) is 17.9. The van der Waals surface area contributed by atoms with Gasteiger partial charge in [0.25, 0.3) is 11.1 Å². The van der Waals surface area contributed by atoms with Crippen molar-refractivity contribution in [1.29, 1.82) is 0 Å². The molecule has 2 aromatic carbocycles. The van der Waals surface area contributed by atoms with Gasteiger partial charge >= 0.3 is 0 Å². The van der Waals surface area contributed by atoms with E-state index in [2.05, 4.69) is 26.1 Å². The van der Waals surface area contributed by atoms with E-state index in [1.54, 1.807) is 12.1 Å². The molecule has 1 N–H and O–H groups in total. The zero-order valence-electron chi connectivity index (χ0n) is 16.8. The molecule has 2 fully saturated rings. The second kappa shape index (κ2) is 9.85. The van der Waals surface area contributed by atoms with Crippen LogP contribution in [-0.2, 0) is 14.3 Å². The van der Waals surface area contributed by atoms with Gasteiger partial charge < -0.3 is 15.0 Å². The van der Waals surface area contributed by atoms with Crippen LogP contribution in [0.3, 0.4) is 0 Å². The number of rotatable bonds is 5. The summed E-state index contributed by atoms with van der Waals surface area (Å²) in [5.74, 6) is -1.46. The molecule has 0 radical (unpaired) electrons. The highest BCUT2D eigenvalue weighted by Crippen LogP contribution is 2.32. The Bertz CT molecular complexity index is 1090. The number of halogens is 2. The summed E-state index contributed by atoms with van der Waals surface area (Å²) in [7, 11) is 0. The lowest BCUT2D eigenvalue weighted by molar-refractivity contribution is -0.127. The largest absolute Gasteiger partial charge is 0.378 e. The van der Waals surface area contributed by atoms with E-state index in [0.29, 0.717) is 24.5 Å². The molecule has 2 saturated heterocycles. The SMILES string of the molecule is O=C(CN1C(=O)S/C(=C/c2ccc(F)c(Br)c2)C1=O)Nc1ccc(N2CCOCC2)cc1. The minimum absolute atomic E-state index is 0.177. The Morgan fingerprint density at radius 3 is 2.56 bits per heavy atom. The second-order valence-corrected chi connectivity index (χ2v) is 8.98. The predicted molar refractivity (Wildman–Crippen MR) is 125 cm³/mol. The lowest BCUT2D eigenvalue weighted by Crippen LogP contribution is -2.36. The van der Waals surface area contributed by atoms with E-state index in [-0.39, 0.29) is 15.9 Å². The lowest BCUT2D eigenvalue weighted by atomic mass is 10.2. The van der Waals surface area contributed by atoms with E-state index in [4.69, 9.17) is 4.74 Å². The summed E-state index contributed by atoms with van der Waals surface area (Å²) in [6.07, 6.45) is 1.50. The first-order valence-electron chi connectivity index (χ1n) is 9.84. The molecular formula is C22H19BrFN3O4S. The average Bonchev–Trinajstić information content (AvgIpc) is 3.04. The maximum atomic E-state index is 13.4. The molecule has 0 atom stereocenters. The van der Waals surface area contributed by atoms with E-state index in [1.807, 2.05) is 12.1 Å². The van der Waals surface area contributed by atoms with Gasteiger partial charge in [-0.05, 0) is 75.7 Å². The van der Waals surface area contributed by atoms with E-state index in [1.165, 1.54) is 24.3 Å². The topological polar surface area (TPSA) is 79.0 Å². The Morgan fingerprint density at radius 2 is 1.88 bits per heavy atom. The van der Waals surface area contributed by atoms with E-state index < -0.39 is 22.9 Å². The van der Waals surface area contributed by atoms with Crippen molar-refractivity contribution in [3.05, 3.63) is 63.2 Å². The fourth-order valence-corrected chi connectivity index (χ4v) is 4.55. The minimum Gasteiger partial charge on any atom is -0.378 e. The molecule has 0 spiro atoms. The first-order chi connectivity index (χ1) is 15.4. The summed E-state index contributed by atoms with van der Waals surface area (Å²) < 4.78 is 19.0. The number of carbonyl (C=O) groups excluding carboxylic acids is 3. The molecule has 0 unspecified atom stereocenters. The molecule has 0 aliphatic carbocycles. The first-order valence-corrected chi connectivity index (χ1v) is 11.4. The number of amides is 3. The Balaban J connectivity index is 1.37. The number of ether oxygens (including phenoxy) is 1. The highest BCUT2D eigenvalue weighted by molar-refractivity contribution is 9.10. The Labute approximate surface area is 196 Å². The van der Waals surface area contributed by atoms with Crippen LogP contribution in [0.4, 0.5) is 20.6 Å². The summed E-state index contributed by atoms with van der Waals surface area (Å²) in [5, 5.41) is 2.19. The standard InChI is InChI=1S/C22H19BrFN3O4S/c23-17-11-14(1-6-18(17)24)12-19-21(29)27(22(30)32-19)13-20(28)25-15-2-4-16(5-3-15)26-7-9-31-10-8-26/h1-6,11-12H,7-10,13H2,(H,25,28)/b19-12+. The van der Waals surface area contributed by atoms with Crippen molar-refractivity contribution >= 4 is 62.2 Å². The molecular weight excluding hydrogens is 501 g/mol. The Hall–Kier alpha value is -2.69. The zero-order valence-corrected chi connectivity index (χ0v) is 19.2. The molecule has 2 aliphatic heterocycles. The summed E-state index contributed by atoms with van der Waals surface area (Å²) in [4.78, 5) is 40.6. The monoisotopic (exact) mass is 519 g/mol. The van der Waals surface area contributed by atoms with Gasteiger partial charge in [0, 0.05) is 24.5 Å². The second-order valence-electron chi connectivity index (χ2n) is 7.14. The van der Waals surface area contributed by atoms with E-state index in [9.17, 15) is 18.8 Å². The number of nitrogens with zero attached hydrogens (tertiary/aromatic N) is 2. The minimum atomic E-state index is -0.557. The quantitative estimate of drug-likeness (QED) is 0.599. The fourth-order valence-electron chi connectivity index (χ4n) is 3.31. The third kappa shape index (κ3) is 5.20. The maximum Gasteiger partial charge on any atom is 0.294 e. The van der Waals surface area contributed by atoms with Gasteiger partial charge in [0.2, 0.25) is 5.91 Å².